The molecule has 0 bridgehead atoms. The summed E-state index contributed by atoms with van der Waals surface area (Å²) in [7, 11) is -3.47. The number of likely N-dealkylation sites (N-methyl/N-ethyl adjacent to an activating group) is 1. The molecule has 7 heteroatoms. The van der Waals surface area contributed by atoms with E-state index < -0.39 is 10.0 Å². The van der Waals surface area contributed by atoms with E-state index in [1.807, 2.05) is 0 Å². The molecule has 0 fully saturated rings. The van der Waals surface area contributed by atoms with Gasteiger partial charge in [0.2, 0.25) is 0 Å². The summed E-state index contributed by atoms with van der Waals surface area (Å²) in [6.07, 6.45) is 0. The first kappa shape index (κ1) is 15.2. The first-order chi connectivity index (χ1) is 7.78. The quantitative estimate of drug-likeness (QED) is 0.752. The summed E-state index contributed by atoms with van der Waals surface area (Å²) in [5.41, 5.74) is 0.803. The second-order valence-corrected chi connectivity index (χ2v) is 8.52. The van der Waals surface area contributed by atoms with Crippen LogP contribution in [0.15, 0.2) is 26.2 Å². The normalized spacial score (nSPS) is 12.1. The Kier molecular flexibility index (Phi) is 5.21. The van der Waals surface area contributed by atoms with Crippen molar-refractivity contribution in [3.8, 4) is 0 Å². The van der Waals surface area contributed by atoms with Crippen LogP contribution in [0.2, 0.25) is 5.02 Å². The third kappa shape index (κ3) is 3.54. The molecule has 0 unspecified atom stereocenters. The van der Waals surface area contributed by atoms with Gasteiger partial charge in [0.05, 0.1) is 8.81 Å². The third-order valence-corrected chi connectivity index (χ3v) is 6.86. The van der Waals surface area contributed by atoms with E-state index in [1.165, 1.54) is 10.4 Å². The molecule has 1 aromatic rings. The van der Waals surface area contributed by atoms with Crippen molar-refractivity contribution in [2.24, 2.45) is 0 Å². The zero-order valence-electron chi connectivity index (χ0n) is 9.53. The molecule has 0 saturated heterocycles. The zero-order chi connectivity index (χ0) is 13.2. The minimum Gasteiger partial charge on any atom is -0.206 e. The van der Waals surface area contributed by atoms with Gasteiger partial charge in [-0.25, -0.2) is 8.42 Å². The van der Waals surface area contributed by atoms with Gasteiger partial charge in [-0.05, 0) is 28.9 Å². The molecule has 1 aromatic heterocycles. The summed E-state index contributed by atoms with van der Waals surface area (Å²) in [6, 6.07) is 1.47. The molecule has 0 N–H and O–H groups in total. The van der Waals surface area contributed by atoms with Gasteiger partial charge in [0.25, 0.3) is 10.0 Å². The standard InChI is InChI=1S/C10H13BrClNO2S2/c1-4-13(6-7(2)3)17(14,15)9-5-8(12)10(11)16-9/h5H,2,4,6H2,1,3H3. The molecule has 0 radical (unpaired) electrons. The van der Waals surface area contributed by atoms with Gasteiger partial charge in [0.1, 0.15) is 4.21 Å². The highest BCUT2D eigenvalue weighted by Gasteiger charge is 2.25. The van der Waals surface area contributed by atoms with Crippen LogP contribution >= 0.6 is 38.9 Å². The molecule has 0 aliphatic heterocycles. The number of hydrogen-bond donors (Lipinski definition) is 0. The maximum absolute atomic E-state index is 12.3. The molecule has 0 amide bonds. The molecule has 0 aromatic carbocycles. The van der Waals surface area contributed by atoms with Crippen molar-refractivity contribution >= 4 is 48.9 Å². The summed E-state index contributed by atoms with van der Waals surface area (Å²) in [4.78, 5) is 0. The van der Waals surface area contributed by atoms with Gasteiger partial charge >= 0.3 is 0 Å². The van der Waals surface area contributed by atoms with Gasteiger partial charge in [0.15, 0.2) is 0 Å². The minimum absolute atomic E-state index is 0.248. The van der Waals surface area contributed by atoms with Crippen LogP contribution in [0.25, 0.3) is 0 Å². The lowest BCUT2D eigenvalue weighted by molar-refractivity contribution is 0.454. The molecule has 0 aliphatic rings. The zero-order valence-corrected chi connectivity index (χ0v) is 13.5. The van der Waals surface area contributed by atoms with Crippen LogP contribution < -0.4 is 0 Å². The Morgan fingerprint density at radius 1 is 1.65 bits per heavy atom. The van der Waals surface area contributed by atoms with E-state index in [9.17, 15) is 8.42 Å². The van der Waals surface area contributed by atoms with Crippen LogP contribution in [-0.2, 0) is 10.0 Å². The summed E-state index contributed by atoms with van der Waals surface area (Å²) >= 11 is 10.2. The van der Waals surface area contributed by atoms with Crippen LogP contribution in [-0.4, -0.2) is 25.8 Å². The monoisotopic (exact) mass is 357 g/mol. The Hall–Kier alpha value is 0.120. The van der Waals surface area contributed by atoms with Crippen LogP contribution in [0.1, 0.15) is 13.8 Å². The Labute approximate surface area is 119 Å². The minimum atomic E-state index is -3.47. The lowest BCUT2D eigenvalue weighted by atomic mass is 10.3. The maximum Gasteiger partial charge on any atom is 0.252 e. The smallest absolute Gasteiger partial charge is 0.206 e. The number of sulfonamides is 1. The predicted octanol–water partition coefficient (Wildman–Crippen LogP) is 3.75. The number of nitrogens with zero attached hydrogens (tertiary/aromatic N) is 1. The summed E-state index contributed by atoms with van der Waals surface area (Å²) in [5, 5.41) is 0.417. The first-order valence-electron chi connectivity index (χ1n) is 4.88. The third-order valence-electron chi connectivity index (χ3n) is 2.02. The fraction of sp³-hybridized carbons (Fsp3) is 0.400. The van der Waals surface area contributed by atoms with Crippen LogP contribution in [0.5, 0.6) is 0 Å². The molecular weight excluding hydrogens is 346 g/mol. The Bertz CT molecular complexity index is 505. The van der Waals surface area contributed by atoms with E-state index >= 15 is 0 Å². The van der Waals surface area contributed by atoms with Gasteiger partial charge in [0, 0.05) is 13.1 Å². The predicted molar refractivity (Wildman–Crippen MR) is 76.3 cm³/mol. The Morgan fingerprint density at radius 3 is 2.59 bits per heavy atom. The van der Waals surface area contributed by atoms with Crippen molar-refractivity contribution in [2.45, 2.75) is 18.1 Å². The molecule has 0 saturated carbocycles. The van der Waals surface area contributed by atoms with E-state index in [-0.39, 0.29) is 4.21 Å². The van der Waals surface area contributed by atoms with Gasteiger partial charge in [-0.2, -0.15) is 4.31 Å². The average Bonchev–Trinajstić information content (AvgIpc) is 2.56. The SMILES string of the molecule is C=C(C)CN(CC)S(=O)(=O)c1cc(Cl)c(Br)s1. The highest BCUT2D eigenvalue weighted by molar-refractivity contribution is 9.11. The van der Waals surface area contributed by atoms with Crippen molar-refractivity contribution in [3.05, 3.63) is 27.0 Å². The highest BCUT2D eigenvalue weighted by Crippen LogP contribution is 2.35. The molecule has 3 nitrogen and oxygen atoms in total. The van der Waals surface area contributed by atoms with Crippen molar-refractivity contribution < 1.29 is 8.42 Å². The molecule has 17 heavy (non-hydrogen) atoms. The van der Waals surface area contributed by atoms with Gasteiger partial charge in [-0.1, -0.05) is 30.7 Å². The van der Waals surface area contributed by atoms with E-state index in [0.717, 1.165) is 16.9 Å². The van der Waals surface area contributed by atoms with E-state index in [4.69, 9.17) is 11.6 Å². The molecule has 1 heterocycles. The first-order valence-corrected chi connectivity index (χ1v) is 8.31. The van der Waals surface area contributed by atoms with Crippen molar-refractivity contribution in [3.63, 3.8) is 0 Å². The van der Waals surface area contributed by atoms with E-state index in [0.29, 0.717) is 21.9 Å². The van der Waals surface area contributed by atoms with Crippen LogP contribution in [0.4, 0.5) is 0 Å². The average molecular weight is 359 g/mol. The Balaban J connectivity index is 3.12. The van der Waals surface area contributed by atoms with Crippen LogP contribution in [0, 0.1) is 0 Å². The fourth-order valence-corrected chi connectivity index (χ4v) is 5.31. The highest BCUT2D eigenvalue weighted by atomic mass is 79.9. The lowest BCUT2D eigenvalue weighted by Gasteiger charge is -2.19. The van der Waals surface area contributed by atoms with E-state index in [2.05, 4.69) is 22.5 Å². The maximum atomic E-state index is 12.3. The van der Waals surface area contributed by atoms with Gasteiger partial charge in [-0.15, -0.1) is 11.3 Å². The van der Waals surface area contributed by atoms with E-state index in [1.54, 1.807) is 13.8 Å². The molecule has 1 rings (SSSR count). The van der Waals surface area contributed by atoms with Crippen LogP contribution in [0.3, 0.4) is 0 Å². The second-order valence-electron chi connectivity index (χ2n) is 3.58. The van der Waals surface area contributed by atoms with Gasteiger partial charge in [-0.3, -0.25) is 0 Å². The summed E-state index contributed by atoms with van der Waals surface area (Å²) in [6.45, 7) is 8.06. The molecule has 0 spiro atoms. The lowest BCUT2D eigenvalue weighted by Crippen LogP contribution is -2.31. The topological polar surface area (TPSA) is 37.4 Å². The van der Waals surface area contributed by atoms with Crippen molar-refractivity contribution in [1.82, 2.24) is 4.31 Å². The molecule has 0 aliphatic carbocycles. The molecule has 0 atom stereocenters. The van der Waals surface area contributed by atoms with Gasteiger partial charge < -0.3 is 0 Å². The number of thiophene rings is 1. The van der Waals surface area contributed by atoms with Crippen molar-refractivity contribution in [2.75, 3.05) is 13.1 Å². The molecule has 96 valence electrons. The Morgan fingerprint density at radius 2 is 2.24 bits per heavy atom. The number of hydrogen-bond acceptors (Lipinski definition) is 3. The number of halogens is 2. The fourth-order valence-electron chi connectivity index (χ4n) is 1.25. The van der Waals surface area contributed by atoms with Crippen molar-refractivity contribution in [1.29, 1.82) is 0 Å². The largest absolute Gasteiger partial charge is 0.252 e. The number of rotatable bonds is 5. The summed E-state index contributed by atoms with van der Waals surface area (Å²) in [5.74, 6) is 0. The summed E-state index contributed by atoms with van der Waals surface area (Å²) < 4.78 is 26.8. The second kappa shape index (κ2) is 5.84. The molecular formula is C10H13BrClNO2S2.